The van der Waals surface area contributed by atoms with Crippen LogP contribution in [-0.2, 0) is 19.1 Å². The van der Waals surface area contributed by atoms with Gasteiger partial charge in [-0.15, -0.1) is 0 Å². The molecule has 7 nitrogen and oxygen atoms in total. The standard InChI is InChI=1S/C15H17N3O4/c19-13-6-5-12(17-13)15(21)16-10-1-3-11(4-2-10)18-7-8-22-9-14(18)20/h1-4,12H,5-9H2,(H,16,21)(H,17,19). The number of hydrogen-bond donors (Lipinski definition) is 2. The topological polar surface area (TPSA) is 87.7 Å². The predicted octanol–water partition coefficient (Wildman–Crippen LogP) is 0.267. The highest BCUT2D eigenvalue weighted by Gasteiger charge is 2.27. The van der Waals surface area contributed by atoms with E-state index < -0.39 is 6.04 Å². The minimum absolute atomic E-state index is 0.0725. The lowest BCUT2D eigenvalue weighted by Crippen LogP contribution is -2.41. The van der Waals surface area contributed by atoms with Crippen LogP contribution in [0.3, 0.4) is 0 Å². The van der Waals surface area contributed by atoms with Gasteiger partial charge in [-0.2, -0.15) is 0 Å². The third-order valence-electron chi connectivity index (χ3n) is 3.74. The van der Waals surface area contributed by atoms with Crippen LogP contribution in [0.2, 0.25) is 0 Å². The molecule has 0 aromatic heterocycles. The van der Waals surface area contributed by atoms with E-state index in [1.807, 2.05) is 0 Å². The molecule has 3 rings (SSSR count). The first-order valence-electron chi connectivity index (χ1n) is 7.22. The molecule has 1 unspecified atom stereocenters. The van der Waals surface area contributed by atoms with Gasteiger partial charge in [0.25, 0.3) is 5.91 Å². The highest BCUT2D eigenvalue weighted by molar-refractivity contribution is 5.99. The summed E-state index contributed by atoms with van der Waals surface area (Å²) in [6.07, 6.45) is 0.904. The molecule has 0 radical (unpaired) electrons. The summed E-state index contributed by atoms with van der Waals surface area (Å²) in [6, 6.07) is 6.59. The van der Waals surface area contributed by atoms with Crippen molar-refractivity contribution in [2.45, 2.75) is 18.9 Å². The largest absolute Gasteiger partial charge is 0.370 e. The maximum atomic E-state index is 12.0. The van der Waals surface area contributed by atoms with Crippen molar-refractivity contribution in [3.63, 3.8) is 0 Å². The van der Waals surface area contributed by atoms with Gasteiger partial charge in [0.15, 0.2) is 0 Å². The molecule has 0 bridgehead atoms. The number of morpholine rings is 1. The first-order chi connectivity index (χ1) is 10.6. The van der Waals surface area contributed by atoms with E-state index in [0.717, 1.165) is 5.69 Å². The minimum atomic E-state index is -0.465. The Kier molecular flexibility index (Phi) is 4.06. The van der Waals surface area contributed by atoms with Crippen LogP contribution in [0.4, 0.5) is 11.4 Å². The quantitative estimate of drug-likeness (QED) is 0.839. The molecular formula is C15H17N3O4. The number of benzene rings is 1. The predicted molar refractivity (Wildman–Crippen MR) is 79.4 cm³/mol. The third kappa shape index (κ3) is 3.09. The summed E-state index contributed by atoms with van der Waals surface area (Å²) in [5, 5.41) is 5.39. The van der Waals surface area contributed by atoms with Crippen LogP contribution in [0.15, 0.2) is 24.3 Å². The highest BCUT2D eigenvalue weighted by atomic mass is 16.5. The van der Waals surface area contributed by atoms with E-state index in [2.05, 4.69) is 10.6 Å². The molecule has 2 aliphatic heterocycles. The van der Waals surface area contributed by atoms with E-state index in [4.69, 9.17) is 4.74 Å². The average Bonchev–Trinajstić information content (AvgIpc) is 2.95. The van der Waals surface area contributed by atoms with E-state index in [1.54, 1.807) is 29.2 Å². The Balaban J connectivity index is 1.63. The Bertz CT molecular complexity index is 599. The van der Waals surface area contributed by atoms with Gasteiger partial charge in [-0.25, -0.2) is 0 Å². The van der Waals surface area contributed by atoms with Crippen molar-refractivity contribution in [3.8, 4) is 0 Å². The van der Waals surface area contributed by atoms with Crippen molar-refractivity contribution >= 4 is 29.1 Å². The molecule has 2 fully saturated rings. The van der Waals surface area contributed by atoms with Gasteiger partial charge in [-0.05, 0) is 30.7 Å². The van der Waals surface area contributed by atoms with Crippen LogP contribution in [0, 0.1) is 0 Å². The average molecular weight is 303 g/mol. The van der Waals surface area contributed by atoms with Gasteiger partial charge in [0.2, 0.25) is 11.8 Å². The third-order valence-corrected chi connectivity index (χ3v) is 3.74. The summed E-state index contributed by atoms with van der Waals surface area (Å²) in [5.41, 5.74) is 1.41. The Labute approximate surface area is 127 Å². The van der Waals surface area contributed by atoms with Crippen LogP contribution in [0.25, 0.3) is 0 Å². The molecule has 2 saturated heterocycles. The fraction of sp³-hybridized carbons (Fsp3) is 0.400. The molecule has 3 amide bonds. The molecule has 1 aromatic rings. The second-order valence-corrected chi connectivity index (χ2v) is 5.29. The Hall–Kier alpha value is -2.41. The van der Waals surface area contributed by atoms with Gasteiger partial charge in [-0.3, -0.25) is 14.4 Å². The Morgan fingerprint density at radius 2 is 2.05 bits per heavy atom. The summed E-state index contributed by atoms with van der Waals surface area (Å²) in [4.78, 5) is 36.5. The lowest BCUT2D eigenvalue weighted by atomic mass is 10.2. The normalized spacial score (nSPS) is 21.6. The highest BCUT2D eigenvalue weighted by Crippen LogP contribution is 2.20. The van der Waals surface area contributed by atoms with E-state index in [-0.39, 0.29) is 24.3 Å². The van der Waals surface area contributed by atoms with Crippen molar-refractivity contribution in [1.29, 1.82) is 0 Å². The fourth-order valence-electron chi connectivity index (χ4n) is 2.56. The summed E-state index contributed by atoms with van der Waals surface area (Å²) in [5.74, 6) is -0.390. The van der Waals surface area contributed by atoms with Crippen molar-refractivity contribution in [2.75, 3.05) is 30.0 Å². The van der Waals surface area contributed by atoms with Gasteiger partial charge >= 0.3 is 0 Å². The molecule has 7 heteroatoms. The maximum absolute atomic E-state index is 12.0. The fourth-order valence-corrected chi connectivity index (χ4v) is 2.56. The lowest BCUT2D eigenvalue weighted by molar-refractivity contribution is -0.125. The second kappa shape index (κ2) is 6.15. The Morgan fingerprint density at radius 1 is 1.27 bits per heavy atom. The number of carbonyl (C=O) groups excluding carboxylic acids is 3. The summed E-state index contributed by atoms with van der Waals surface area (Å²) >= 11 is 0. The van der Waals surface area contributed by atoms with E-state index in [1.165, 1.54) is 0 Å². The van der Waals surface area contributed by atoms with Gasteiger partial charge in [0, 0.05) is 24.3 Å². The molecule has 116 valence electrons. The number of anilines is 2. The first-order valence-corrected chi connectivity index (χ1v) is 7.22. The zero-order chi connectivity index (χ0) is 15.5. The van der Waals surface area contributed by atoms with E-state index in [9.17, 15) is 14.4 Å². The monoisotopic (exact) mass is 303 g/mol. The number of hydrogen-bond acceptors (Lipinski definition) is 4. The van der Waals surface area contributed by atoms with Crippen molar-refractivity contribution in [1.82, 2.24) is 5.32 Å². The number of rotatable bonds is 3. The number of carbonyl (C=O) groups is 3. The maximum Gasteiger partial charge on any atom is 0.253 e. The second-order valence-electron chi connectivity index (χ2n) is 5.29. The van der Waals surface area contributed by atoms with Crippen molar-refractivity contribution in [3.05, 3.63) is 24.3 Å². The lowest BCUT2D eigenvalue weighted by Gasteiger charge is -2.27. The zero-order valence-electron chi connectivity index (χ0n) is 12.0. The summed E-state index contributed by atoms with van der Waals surface area (Å²) < 4.78 is 5.09. The summed E-state index contributed by atoms with van der Waals surface area (Å²) in [6.45, 7) is 1.14. The van der Waals surface area contributed by atoms with Crippen LogP contribution in [0.1, 0.15) is 12.8 Å². The molecule has 2 aliphatic rings. The number of amides is 3. The first kappa shape index (κ1) is 14.5. The van der Waals surface area contributed by atoms with Crippen LogP contribution < -0.4 is 15.5 Å². The van der Waals surface area contributed by atoms with Gasteiger partial charge < -0.3 is 20.3 Å². The SMILES string of the molecule is O=C1CCC(C(=O)Nc2ccc(N3CCOCC3=O)cc2)N1. The molecule has 2 N–H and O–H groups in total. The molecular weight excluding hydrogens is 286 g/mol. The van der Waals surface area contributed by atoms with E-state index >= 15 is 0 Å². The van der Waals surface area contributed by atoms with Gasteiger partial charge in [-0.1, -0.05) is 0 Å². The molecule has 2 heterocycles. The van der Waals surface area contributed by atoms with Gasteiger partial charge in [0.05, 0.1) is 6.61 Å². The van der Waals surface area contributed by atoms with Crippen molar-refractivity contribution in [2.24, 2.45) is 0 Å². The number of nitrogens with one attached hydrogen (secondary N) is 2. The number of ether oxygens (including phenoxy) is 1. The van der Waals surface area contributed by atoms with Crippen molar-refractivity contribution < 1.29 is 19.1 Å². The minimum Gasteiger partial charge on any atom is -0.370 e. The molecule has 1 atom stereocenters. The summed E-state index contributed by atoms with van der Waals surface area (Å²) in [7, 11) is 0. The molecule has 0 spiro atoms. The molecule has 0 aliphatic carbocycles. The molecule has 1 aromatic carbocycles. The number of nitrogens with zero attached hydrogens (tertiary/aromatic N) is 1. The van der Waals surface area contributed by atoms with Crippen LogP contribution in [-0.4, -0.2) is 43.5 Å². The Morgan fingerprint density at radius 3 is 2.68 bits per heavy atom. The van der Waals surface area contributed by atoms with E-state index in [0.29, 0.717) is 31.7 Å². The molecule has 22 heavy (non-hydrogen) atoms. The van der Waals surface area contributed by atoms with Crippen LogP contribution >= 0.6 is 0 Å². The van der Waals surface area contributed by atoms with Gasteiger partial charge in [0.1, 0.15) is 12.6 Å². The molecule has 0 saturated carbocycles. The van der Waals surface area contributed by atoms with Crippen LogP contribution in [0.5, 0.6) is 0 Å². The zero-order valence-corrected chi connectivity index (χ0v) is 12.0. The smallest absolute Gasteiger partial charge is 0.253 e.